The van der Waals surface area contributed by atoms with Crippen LogP contribution in [-0.4, -0.2) is 18.2 Å². The molecule has 0 aliphatic carbocycles. The maximum atomic E-state index is 10.8. The first-order valence-electron chi connectivity index (χ1n) is 4.56. The van der Waals surface area contributed by atoms with Crippen molar-refractivity contribution in [2.24, 2.45) is 0 Å². The molecule has 1 atom stereocenters. The first-order valence-corrected chi connectivity index (χ1v) is 4.56. The van der Waals surface area contributed by atoms with Crippen molar-refractivity contribution in [3.05, 3.63) is 35.9 Å². The Hall–Kier alpha value is -1.35. The average Bonchev–Trinajstić information content (AvgIpc) is 2.31. The molecular formula is C11H16O3. The number of aliphatic hydroxyl groups is 1. The van der Waals surface area contributed by atoms with E-state index in [0.717, 1.165) is 0 Å². The fourth-order valence-corrected chi connectivity index (χ4v) is 0.883. The fourth-order valence-electron chi connectivity index (χ4n) is 0.883. The van der Waals surface area contributed by atoms with E-state index in [2.05, 4.69) is 4.74 Å². The molecule has 1 unspecified atom stereocenters. The zero-order valence-electron chi connectivity index (χ0n) is 8.73. The lowest BCUT2D eigenvalue weighted by molar-refractivity contribution is -0.150. The summed E-state index contributed by atoms with van der Waals surface area (Å²) < 4.78 is 4.38. The summed E-state index contributed by atoms with van der Waals surface area (Å²) in [5.74, 6) is -0.638. The molecule has 0 bridgehead atoms. The van der Waals surface area contributed by atoms with E-state index in [4.69, 9.17) is 0 Å². The van der Waals surface area contributed by atoms with E-state index in [1.54, 1.807) is 24.3 Å². The number of aliphatic hydroxyl groups excluding tert-OH is 1. The van der Waals surface area contributed by atoms with Gasteiger partial charge in [-0.1, -0.05) is 44.2 Å². The van der Waals surface area contributed by atoms with Gasteiger partial charge in [0.1, 0.15) is 0 Å². The minimum atomic E-state index is -1.17. The summed E-state index contributed by atoms with van der Waals surface area (Å²) in [5.41, 5.74) is 0.546. The van der Waals surface area contributed by atoms with Crippen LogP contribution in [0.1, 0.15) is 25.5 Å². The number of carbonyl (C=O) groups excluding carboxylic acids is 1. The minimum Gasteiger partial charge on any atom is -0.467 e. The molecule has 0 saturated heterocycles. The van der Waals surface area contributed by atoms with Crippen molar-refractivity contribution in [2.45, 2.75) is 20.0 Å². The predicted octanol–water partition coefficient (Wildman–Crippen LogP) is 1.92. The molecule has 1 aromatic carbocycles. The molecule has 1 aromatic rings. The number of benzene rings is 1. The van der Waals surface area contributed by atoms with Gasteiger partial charge in [0.15, 0.2) is 6.10 Å². The first-order chi connectivity index (χ1) is 6.75. The molecule has 78 valence electrons. The number of ether oxygens (including phenoxy) is 1. The van der Waals surface area contributed by atoms with E-state index in [9.17, 15) is 9.90 Å². The zero-order valence-corrected chi connectivity index (χ0v) is 8.73. The number of esters is 1. The van der Waals surface area contributed by atoms with Crippen molar-refractivity contribution >= 4 is 5.97 Å². The van der Waals surface area contributed by atoms with E-state index in [0.29, 0.717) is 5.56 Å². The molecule has 0 spiro atoms. The van der Waals surface area contributed by atoms with Crippen LogP contribution >= 0.6 is 0 Å². The quantitative estimate of drug-likeness (QED) is 0.735. The summed E-state index contributed by atoms with van der Waals surface area (Å²) in [7, 11) is 1.24. The Morgan fingerprint density at radius 2 is 1.79 bits per heavy atom. The van der Waals surface area contributed by atoms with E-state index in [-0.39, 0.29) is 0 Å². The van der Waals surface area contributed by atoms with Gasteiger partial charge in [0.2, 0.25) is 0 Å². The molecule has 0 fully saturated rings. The molecule has 0 saturated carbocycles. The van der Waals surface area contributed by atoms with Crippen LogP contribution < -0.4 is 0 Å². The highest BCUT2D eigenvalue weighted by molar-refractivity contribution is 5.75. The van der Waals surface area contributed by atoms with Crippen LogP contribution in [0.25, 0.3) is 0 Å². The average molecular weight is 196 g/mol. The van der Waals surface area contributed by atoms with Crippen molar-refractivity contribution in [3.63, 3.8) is 0 Å². The highest BCUT2D eigenvalue weighted by atomic mass is 16.5. The predicted molar refractivity (Wildman–Crippen MR) is 54.8 cm³/mol. The van der Waals surface area contributed by atoms with Crippen LogP contribution in [0.4, 0.5) is 0 Å². The zero-order chi connectivity index (χ0) is 11.0. The summed E-state index contributed by atoms with van der Waals surface area (Å²) in [5, 5.41) is 9.31. The largest absolute Gasteiger partial charge is 0.467 e. The summed E-state index contributed by atoms with van der Waals surface area (Å²) in [6.45, 7) is 4.00. The van der Waals surface area contributed by atoms with E-state index in [1.165, 1.54) is 7.11 Å². The van der Waals surface area contributed by atoms with Gasteiger partial charge < -0.3 is 9.84 Å². The minimum absolute atomic E-state index is 0.546. The second kappa shape index (κ2) is 7.09. The Bertz CT molecular complexity index is 256. The van der Waals surface area contributed by atoms with Gasteiger partial charge in [-0.3, -0.25) is 0 Å². The van der Waals surface area contributed by atoms with E-state index in [1.807, 2.05) is 19.9 Å². The Labute approximate surface area is 84.3 Å². The summed E-state index contributed by atoms with van der Waals surface area (Å²) in [6.07, 6.45) is -1.17. The molecule has 0 heterocycles. The van der Waals surface area contributed by atoms with Crippen LogP contribution in [0.5, 0.6) is 0 Å². The van der Waals surface area contributed by atoms with Gasteiger partial charge in [0.25, 0.3) is 0 Å². The van der Waals surface area contributed by atoms with Gasteiger partial charge in [-0.15, -0.1) is 0 Å². The Morgan fingerprint density at radius 1 is 1.29 bits per heavy atom. The monoisotopic (exact) mass is 196 g/mol. The standard InChI is InChI=1S/C9H10O3.C2H6/c1-12-9(11)8(10)7-5-3-2-4-6-7;1-2/h2-6,8,10H,1H3;1-2H3. The molecule has 0 aliphatic heterocycles. The lowest BCUT2D eigenvalue weighted by Crippen LogP contribution is -2.13. The third-order valence-corrected chi connectivity index (χ3v) is 1.54. The van der Waals surface area contributed by atoms with Crippen LogP contribution in [0, 0.1) is 0 Å². The van der Waals surface area contributed by atoms with E-state index >= 15 is 0 Å². The van der Waals surface area contributed by atoms with Crippen LogP contribution in [0.2, 0.25) is 0 Å². The number of carbonyl (C=O) groups is 1. The number of methoxy groups -OCH3 is 1. The Kier molecular flexibility index (Phi) is 6.41. The number of hydrogen-bond donors (Lipinski definition) is 1. The van der Waals surface area contributed by atoms with E-state index < -0.39 is 12.1 Å². The normalized spacial score (nSPS) is 10.9. The summed E-state index contributed by atoms with van der Waals surface area (Å²) in [4.78, 5) is 10.8. The van der Waals surface area contributed by atoms with Gasteiger partial charge >= 0.3 is 5.97 Å². The lowest BCUT2D eigenvalue weighted by atomic mass is 10.1. The maximum Gasteiger partial charge on any atom is 0.339 e. The van der Waals surface area contributed by atoms with Gasteiger partial charge in [0.05, 0.1) is 7.11 Å². The van der Waals surface area contributed by atoms with Gasteiger partial charge in [-0.25, -0.2) is 4.79 Å². The van der Waals surface area contributed by atoms with Crippen LogP contribution in [-0.2, 0) is 9.53 Å². The Balaban J connectivity index is 0.000000791. The summed E-state index contributed by atoms with van der Waals surface area (Å²) >= 11 is 0. The summed E-state index contributed by atoms with van der Waals surface area (Å²) in [6, 6.07) is 8.65. The van der Waals surface area contributed by atoms with Crippen LogP contribution in [0.3, 0.4) is 0 Å². The third kappa shape index (κ3) is 3.58. The SMILES string of the molecule is CC.COC(=O)C(O)c1ccccc1. The molecule has 1 N–H and O–H groups in total. The third-order valence-electron chi connectivity index (χ3n) is 1.54. The van der Waals surface area contributed by atoms with Crippen molar-refractivity contribution in [3.8, 4) is 0 Å². The number of hydrogen-bond acceptors (Lipinski definition) is 3. The lowest BCUT2D eigenvalue weighted by Gasteiger charge is -2.07. The fraction of sp³-hybridized carbons (Fsp3) is 0.364. The number of rotatable bonds is 2. The van der Waals surface area contributed by atoms with Crippen molar-refractivity contribution in [1.29, 1.82) is 0 Å². The highest BCUT2D eigenvalue weighted by Crippen LogP contribution is 2.12. The van der Waals surface area contributed by atoms with Crippen molar-refractivity contribution in [1.82, 2.24) is 0 Å². The highest BCUT2D eigenvalue weighted by Gasteiger charge is 2.16. The molecule has 0 aromatic heterocycles. The first kappa shape index (κ1) is 12.7. The van der Waals surface area contributed by atoms with Gasteiger partial charge in [-0.2, -0.15) is 0 Å². The smallest absolute Gasteiger partial charge is 0.339 e. The molecule has 1 rings (SSSR count). The second-order valence-corrected chi connectivity index (χ2v) is 2.34. The van der Waals surface area contributed by atoms with Gasteiger partial charge in [-0.05, 0) is 5.56 Å². The molecule has 0 amide bonds. The van der Waals surface area contributed by atoms with Crippen molar-refractivity contribution < 1.29 is 14.6 Å². The second-order valence-electron chi connectivity index (χ2n) is 2.34. The molecule has 0 aliphatic rings. The molecule has 14 heavy (non-hydrogen) atoms. The molecule has 3 nitrogen and oxygen atoms in total. The van der Waals surface area contributed by atoms with Gasteiger partial charge in [0, 0.05) is 0 Å². The topological polar surface area (TPSA) is 46.5 Å². The molecular weight excluding hydrogens is 180 g/mol. The van der Waals surface area contributed by atoms with Crippen molar-refractivity contribution in [2.75, 3.05) is 7.11 Å². The van der Waals surface area contributed by atoms with Crippen LogP contribution in [0.15, 0.2) is 30.3 Å². The molecule has 0 radical (unpaired) electrons. The Morgan fingerprint density at radius 3 is 2.21 bits per heavy atom. The molecule has 3 heteroatoms. The maximum absolute atomic E-state index is 10.8.